The summed E-state index contributed by atoms with van der Waals surface area (Å²) < 4.78 is 0. The molecule has 0 radical (unpaired) electrons. The van der Waals surface area contributed by atoms with E-state index in [4.69, 9.17) is 5.11 Å². The highest BCUT2D eigenvalue weighted by Gasteiger charge is 2.29. The first-order valence-electron chi connectivity index (χ1n) is 10.1. The molecular weight excluding hydrogens is 372 g/mol. The van der Waals surface area contributed by atoms with Crippen molar-refractivity contribution in [2.24, 2.45) is 0 Å². The summed E-state index contributed by atoms with van der Waals surface area (Å²) in [7, 11) is 0. The molecule has 0 unspecified atom stereocenters. The lowest BCUT2D eigenvalue weighted by Gasteiger charge is -2.29. The highest BCUT2D eigenvalue weighted by Crippen LogP contribution is 2.39. The molecule has 154 valence electrons. The second-order valence-electron chi connectivity index (χ2n) is 7.88. The van der Waals surface area contributed by atoms with Crippen LogP contribution in [0.1, 0.15) is 25.8 Å². The van der Waals surface area contributed by atoms with Crippen LogP contribution in [0.15, 0.2) is 91.2 Å². The van der Waals surface area contributed by atoms with Crippen LogP contribution in [0.2, 0.25) is 0 Å². The predicted molar refractivity (Wildman–Crippen MR) is 124 cm³/mol. The van der Waals surface area contributed by atoms with E-state index in [1.807, 2.05) is 60.1 Å². The average molecular weight is 402 g/mol. The number of benzene rings is 3. The number of nitrogens with one attached hydrogen (secondary N) is 1. The Morgan fingerprint density at radius 1 is 1.07 bits per heavy atom. The van der Waals surface area contributed by atoms with Gasteiger partial charge in [-0.05, 0) is 46.7 Å². The third kappa shape index (κ3) is 4.97. The van der Waals surface area contributed by atoms with Crippen LogP contribution in [-0.2, 0) is 10.2 Å². The van der Waals surface area contributed by atoms with Crippen LogP contribution in [0.25, 0.3) is 10.8 Å². The van der Waals surface area contributed by atoms with Crippen LogP contribution in [-0.4, -0.2) is 17.6 Å². The number of nitrogens with two attached hydrogens (primary N) is 1. The molecule has 0 fully saturated rings. The standard InChI is InChI=1S/C26H28N2O2/c1-19(15-17-27-21-10-5-4-6-11-21)26(2,3)25-22-12-8-7-9-20(22)13-14-23(25)28-18-16-24(29)30/h4-15,17,27-28H,1,16,18H2,2-3H3,(H,29,30)/p+1. The van der Waals surface area contributed by atoms with E-state index in [2.05, 4.69) is 50.0 Å². The Bertz CT molecular complexity index is 1070. The van der Waals surface area contributed by atoms with Gasteiger partial charge in [-0.1, -0.05) is 62.9 Å². The number of allylic oxidation sites excluding steroid dienone is 2. The first-order valence-corrected chi connectivity index (χ1v) is 10.1. The average Bonchev–Trinajstić information content (AvgIpc) is 2.73. The first-order chi connectivity index (χ1) is 14.4. The van der Waals surface area contributed by atoms with Gasteiger partial charge in [0, 0.05) is 22.9 Å². The maximum atomic E-state index is 11.0. The number of rotatable bonds is 9. The number of quaternary nitrogens is 1. The number of anilines is 1. The Hall–Kier alpha value is -3.37. The van der Waals surface area contributed by atoms with Gasteiger partial charge < -0.3 is 15.7 Å². The molecule has 3 aromatic carbocycles. The highest BCUT2D eigenvalue weighted by molar-refractivity contribution is 5.90. The number of fused-ring (bicyclic) bond motifs is 1. The molecule has 0 spiro atoms. The Labute approximate surface area is 177 Å². The van der Waals surface area contributed by atoms with E-state index in [0.29, 0.717) is 6.54 Å². The second kappa shape index (κ2) is 9.42. The minimum Gasteiger partial charge on any atom is -0.481 e. The molecule has 4 N–H and O–H groups in total. The summed E-state index contributed by atoms with van der Waals surface area (Å²) >= 11 is 0. The van der Waals surface area contributed by atoms with Crippen molar-refractivity contribution in [2.75, 3.05) is 11.9 Å². The van der Waals surface area contributed by atoms with Gasteiger partial charge in [0.25, 0.3) is 0 Å². The number of aliphatic carboxylic acids is 1. The molecule has 4 heteroatoms. The summed E-state index contributed by atoms with van der Waals surface area (Å²) in [5, 5.41) is 16.7. The van der Waals surface area contributed by atoms with Crippen LogP contribution < -0.4 is 10.6 Å². The van der Waals surface area contributed by atoms with Crippen molar-refractivity contribution in [2.45, 2.75) is 25.7 Å². The van der Waals surface area contributed by atoms with Gasteiger partial charge in [-0.15, -0.1) is 0 Å². The molecule has 4 nitrogen and oxygen atoms in total. The fraction of sp³-hybridized carbons (Fsp3) is 0.192. The Morgan fingerprint density at radius 2 is 1.77 bits per heavy atom. The maximum absolute atomic E-state index is 11.0. The fourth-order valence-electron chi connectivity index (χ4n) is 3.65. The normalized spacial score (nSPS) is 11.7. The van der Waals surface area contributed by atoms with E-state index in [0.717, 1.165) is 27.7 Å². The molecule has 0 saturated heterocycles. The number of hydrogen-bond donors (Lipinski definition) is 3. The number of para-hydroxylation sites is 1. The van der Waals surface area contributed by atoms with Gasteiger partial charge in [0.15, 0.2) is 0 Å². The lowest BCUT2D eigenvalue weighted by Crippen LogP contribution is -2.79. The minimum atomic E-state index is -0.785. The van der Waals surface area contributed by atoms with E-state index in [9.17, 15) is 4.79 Å². The van der Waals surface area contributed by atoms with Crippen molar-refractivity contribution in [1.29, 1.82) is 0 Å². The van der Waals surface area contributed by atoms with Crippen LogP contribution in [0.5, 0.6) is 0 Å². The quantitative estimate of drug-likeness (QED) is 0.350. The molecule has 0 saturated carbocycles. The summed E-state index contributed by atoms with van der Waals surface area (Å²) in [4.78, 5) is 11.0. The lowest BCUT2D eigenvalue weighted by molar-refractivity contribution is -0.571. The van der Waals surface area contributed by atoms with Crippen molar-refractivity contribution >= 4 is 28.1 Å². The fourth-order valence-corrected chi connectivity index (χ4v) is 3.65. The van der Waals surface area contributed by atoms with Crippen molar-refractivity contribution in [1.82, 2.24) is 0 Å². The molecule has 0 aliphatic rings. The molecule has 0 heterocycles. The van der Waals surface area contributed by atoms with Crippen molar-refractivity contribution < 1.29 is 15.2 Å². The van der Waals surface area contributed by atoms with Crippen molar-refractivity contribution in [3.8, 4) is 0 Å². The van der Waals surface area contributed by atoms with Crippen LogP contribution in [0, 0.1) is 0 Å². The van der Waals surface area contributed by atoms with Crippen molar-refractivity contribution in [3.05, 3.63) is 96.7 Å². The Morgan fingerprint density at radius 3 is 2.50 bits per heavy atom. The molecule has 0 aliphatic heterocycles. The number of carbonyl (C=O) groups is 1. The zero-order chi connectivity index (χ0) is 21.6. The van der Waals surface area contributed by atoms with E-state index >= 15 is 0 Å². The zero-order valence-electron chi connectivity index (χ0n) is 17.6. The summed E-state index contributed by atoms with van der Waals surface area (Å²) in [6.45, 7) is 9.18. The molecule has 3 aromatic rings. The lowest BCUT2D eigenvalue weighted by atomic mass is 9.75. The Balaban J connectivity index is 1.92. The van der Waals surface area contributed by atoms with Gasteiger partial charge in [0.1, 0.15) is 5.69 Å². The topological polar surface area (TPSA) is 65.9 Å². The Kier molecular flexibility index (Phi) is 6.70. The minimum absolute atomic E-state index is 0.120. The summed E-state index contributed by atoms with van der Waals surface area (Å²) in [5.41, 5.74) is 3.87. The largest absolute Gasteiger partial charge is 0.481 e. The molecule has 0 aromatic heterocycles. The first kappa shape index (κ1) is 21.3. The molecule has 3 rings (SSSR count). The van der Waals surface area contributed by atoms with Gasteiger partial charge in [-0.2, -0.15) is 0 Å². The van der Waals surface area contributed by atoms with Gasteiger partial charge in [-0.3, -0.25) is 4.79 Å². The summed E-state index contributed by atoms with van der Waals surface area (Å²) in [6.07, 6.45) is 4.04. The third-order valence-corrected chi connectivity index (χ3v) is 5.42. The molecule has 0 bridgehead atoms. The van der Waals surface area contributed by atoms with Gasteiger partial charge in [0.2, 0.25) is 0 Å². The highest BCUT2D eigenvalue weighted by atomic mass is 16.4. The van der Waals surface area contributed by atoms with E-state index in [1.54, 1.807) is 0 Å². The van der Waals surface area contributed by atoms with Crippen molar-refractivity contribution in [3.63, 3.8) is 0 Å². The SMILES string of the molecule is C=C(C=CNc1ccccc1)C(C)(C)c1c([NH2+]CCC(=O)O)ccc2ccccc12. The maximum Gasteiger partial charge on any atom is 0.309 e. The molecule has 30 heavy (non-hydrogen) atoms. The molecular formula is C26H29N2O2+. The van der Waals surface area contributed by atoms with Gasteiger partial charge in [-0.25, -0.2) is 0 Å². The number of hydrogen-bond acceptors (Lipinski definition) is 2. The van der Waals surface area contributed by atoms with Gasteiger partial charge >= 0.3 is 5.97 Å². The summed E-state index contributed by atoms with van der Waals surface area (Å²) in [6, 6.07) is 22.5. The van der Waals surface area contributed by atoms with Crippen LogP contribution in [0.3, 0.4) is 0 Å². The summed E-state index contributed by atoms with van der Waals surface area (Å²) in [5.74, 6) is -0.785. The third-order valence-electron chi connectivity index (χ3n) is 5.42. The van der Waals surface area contributed by atoms with E-state index in [1.165, 1.54) is 5.56 Å². The smallest absolute Gasteiger partial charge is 0.309 e. The van der Waals surface area contributed by atoms with E-state index in [-0.39, 0.29) is 11.8 Å². The van der Waals surface area contributed by atoms with Crippen LogP contribution >= 0.6 is 0 Å². The number of carboxylic acids is 1. The number of carboxylic acid groups (broad SMARTS) is 1. The molecule has 0 atom stereocenters. The monoisotopic (exact) mass is 401 g/mol. The van der Waals surface area contributed by atoms with Gasteiger partial charge in [0.05, 0.1) is 13.0 Å². The predicted octanol–water partition coefficient (Wildman–Crippen LogP) is 4.97. The van der Waals surface area contributed by atoms with E-state index < -0.39 is 5.97 Å². The zero-order valence-corrected chi connectivity index (χ0v) is 17.6. The van der Waals surface area contributed by atoms with Crippen LogP contribution in [0.4, 0.5) is 11.4 Å². The second-order valence-corrected chi connectivity index (χ2v) is 7.88. The molecule has 0 amide bonds. The molecule has 0 aliphatic carbocycles.